The predicted molar refractivity (Wildman–Crippen MR) is 78.8 cm³/mol. The molecule has 0 aliphatic carbocycles. The van der Waals surface area contributed by atoms with Crippen LogP contribution in [0.4, 0.5) is 0 Å². The maximum absolute atomic E-state index is 12.3. The van der Waals surface area contributed by atoms with Crippen molar-refractivity contribution >= 4 is 16.6 Å². The number of Topliss-reactive ketones (excluding diaryl/α,β-unsaturated/α-hetero) is 1. The molecular formula is C15H20O4S. The van der Waals surface area contributed by atoms with E-state index in [0.717, 1.165) is 6.42 Å². The topological polar surface area (TPSA) is 52.6 Å². The van der Waals surface area contributed by atoms with Crippen molar-refractivity contribution < 1.29 is 18.5 Å². The van der Waals surface area contributed by atoms with Crippen molar-refractivity contribution in [3.8, 4) is 5.75 Å². The first-order valence-electron chi connectivity index (χ1n) is 6.87. The standard InChI is InChI=1S/C15H20O4S/c1-3-18-14-7-5-4-6-12(14)13(16)10-20(17)15-8-9-19-11(15)2/h4-7,11,15H,3,8-10H2,1-2H3. The number of hydrogen-bond acceptors (Lipinski definition) is 4. The number of ketones is 1. The molecule has 0 amide bonds. The fourth-order valence-corrected chi connectivity index (χ4v) is 3.84. The molecule has 2 rings (SSSR count). The molecule has 1 saturated heterocycles. The molecule has 0 N–H and O–H groups in total. The molecule has 0 spiro atoms. The lowest BCUT2D eigenvalue weighted by molar-refractivity contribution is 0.101. The Balaban J connectivity index is 2.06. The Morgan fingerprint density at radius 1 is 1.45 bits per heavy atom. The summed E-state index contributed by atoms with van der Waals surface area (Å²) in [5.74, 6) is 0.460. The molecular weight excluding hydrogens is 276 g/mol. The normalized spacial score (nSPS) is 23.5. The van der Waals surface area contributed by atoms with Crippen molar-refractivity contribution in [1.82, 2.24) is 0 Å². The van der Waals surface area contributed by atoms with Gasteiger partial charge in [0, 0.05) is 17.4 Å². The van der Waals surface area contributed by atoms with Crippen LogP contribution in [-0.4, -0.2) is 40.3 Å². The van der Waals surface area contributed by atoms with Crippen molar-refractivity contribution in [2.75, 3.05) is 19.0 Å². The summed E-state index contributed by atoms with van der Waals surface area (Å²) in [6, 6.07) is 7.10. The first-order chi connectivity index (χ1) is 9.63. The van der Waals surface area contributed by atoms with Crippen LogP contribution in [0.5, 0.6) is 5.75 Å². The van der Waals surface area contributed by atoms with Gasteiger partial charge in [-0.2, -0.15) is 0 Å². The lowest BCUT2D eigenvalue weighted by Gasteiger charge is -2.14. The summed E-state index contributed by atoms with van der Waals surface area (Å²) in [5.41, 5.74) is 0.509. The fraction of sp³-hybridized carbons (Fsp3) is 0.533. The van der Waals surface area contributed by atoms with Gasteiger partial charge in [-0.25, -0.2) is 0 Å². The molecule has 110 valence electrons. The van der Waals surface area contributed by atoms with Crippen LogP contribution in [0.2, 0.25) is 0 Å². The van der Waals surface area contributed by atoms with Crippen LogP contribution in [0.15, 0.2) is 24.3 Å². The fourth-order valence-electron chi connectivity index (χ4n) is 2.35. The van der Waals surface area contributed by atoms with Gasteiger partial charge in [0.05, 0.1) is 29.3 Å². The van der Waals surface area contributed by atoms with Crippen molar-refractivity contribution in [3.05, 3.63) is 29.8 Å². The van der Waals surface area contributed by atoms with Crippen LogP contribution in [0, 0.1) is 0 Å². The molecule has 0 radical (unpaired) electrons. The van der Waals surface area contributed by atoms with E-state index in [9.17, 15) is 9.00 Å². The highest BCUT2D eigenvalue weighted by atomic mass is 32.2. The molecule has 5 heteroatoms. The number of carbonyl (C=O) groups is 1. The lowest BCUT2D eigenvalue weighted by Crippen LogP contribution is -2.28. The van der Waals surface area contributed by atoms with Crippen LogP contribution in [0.25, 0.3) is 0 Å². The van der Waals surface area contributed by atoms with E-state index < -0.39 is 10.8 Å². The second kappa shape index (κ2) is 6.99. The maximum atomic E-state index is 12.3. The van der Waals surface area contributed by atoms with Gasteiger partial charge in [0.2, 0.25) is 0 Å². The van der Waals surface area contributed by atoms with E-state index in [0.29, 0.717) is 24.5 Å². The van der Waals surface area contributed by atoms with Crippen molar-refractivity contribution in [1.29, 1.82) is 0 Å². The van der Waals surface area contributed by atoms with Gasteiger partial charge in [-0.15, -0.1) is 0 Å². The zero-order valence-corrected chi connectivity index (χ0v) is 12.7. The first-order valence-corrected chi connectivity index (χ1v) is 8.25. The second-order valence-electron chi connectivity index (χ2n) is 4.78. The van der Waals surface area contributed by atoms with Crippen LogP contribution < -0.4 is 4.74 Å². The minimum absolute atomic E-state index is 0.0302. The molecule has 20 heavy (non-hydrogen) atoms. The van der Waals surface area contributed by atoms with Gasteiger partial charge in [0.25, 0.3) is 0 Å². The molecule has 1 aliphatic rings. The Morgan fingerprint density at radius 3 is 2.85 bits per heavy atom. The van der Waals surface area contributed by atoms with E-state index in [1.807, 2.05) is 19.9 Å². The Kier molecular flexibility index (Phi) is 5.31. The lowest BCUT2D eigenvalue weighted by atomic mass is 10.1. The minimum Gasteiger partial charge on any atom is -0.493 e. The van der Waals surface area contributed by atoms with E-state index in [-0.39, 0.29) is 22.9 Å². The summed E-state index contributed by atoms with van der Waals surface area (Å²) in [5, 5.41) is -0.0433. The van der Waals surface area contributed by atoms with E-state index in [4.69, 9.17) is 9.47 Å². The van der Waals surface area contributed by atoms with Crippen molar-refractivity contribution in [3.63, 3.8) is 0 Å². The zero-order chi connectivity index (χ0) is 14.5. The summed E-state index contributed by atoms with van der Waals surface area (Å²) < 4.78 is 23.1. The molecule has 1 aromatic carbocycles. The minimum atomic E-state index is -1.20. The van der Waals surface area contributed by atoms with Gasteiger partial charge in [-0.3, -0.25) is 9.00 Å². The molecule has 1 fully saturated rings. The third kappa shape index (κ3) is 3.46. The molecule has 1 aliphatic heterocycles. The monoisotopic (exact) mass is 296 g/mol. The number of carbonyl (C=O) groups excluding carboxylic acids is 1. The maximum Gasteiger partial charge on any atom is 0.179 e. The van der Waals surface area contributed by atoms with Gasteiger partial charge >= 0.3 is 0 Å². The summed E-state index contributed by atoms with van der Waals surface area (Å²) in [4.78, 5) is 12.3. The highest BCUT2D eigenvalue weighted by Crippen LogP contribution is 2.22. The molecule has 3 unspecified atom stereocenters. The molecule has 1 aromatic rings. The predicted octanol–water partition coefficient (Wildman–Crippen LogP) is 2.19. The third-order valence-corrected chi connectivity index (χ3v) is 5.25. The number of rotatable bonds is 6. The first kappa shape index (κ1) is 15.2. The van der Waals surface area contributed by atoms with E-state index >= 15 is 0 Å². The summed E-state index contributed by atoms with van der Waals surface area (Å²) >= 11 is 0. The zero-order valence-electron chi connectivity index (χ0n) is 11.8. The van der Waals surface area contributed by atoms with Crippen LogP contribution in [0.3, 0.4) is 0 Å². The molecule has 3 atom stereocenters. The van der Waals surface area contributed by atoms with Crippen LogP contribution >= 0.6 is 0 Å². The Labute approximate surface area is 121 Å². The molecule has 0 bridgehead atoms. The highest BCUT2D eigenvalue weighted by Gasteiger charge is 2.31. The van der Waals surface area contributed by atoms with E-state index in [1.165, 1.54) is 0 Å². The van der Waals surface area contributed by atoms with Gasteiger partial charge in [0.15, 0.2) is 5.78 Å². The van der Waals surface area contributed by atoms with Gasteiger partial charge < -0.3 is 9.47 Å². The Bertz CT molecular complexity index is 500. The Hall–Kier alpha value is -1.20. The second-order valence-corrected chi connectivity index (χ2v) is 6.44. The van der Waals surface area contributed by atoms with E-state index in [1.54, 1.807) is 18.2 Å². The highest BCUT2D eigenvalue weighted by molar-refractivity contribution is 7.86. The quantitative estimate of drug-likeness (QED) is 0.755. The van der Waals surface area contributed by atoms with E-state index in [2.05, 4.69) is 0 Å². The molecule has 0 saturated carbocycles. The third-order valence-electron chi connectivity index (χ3n) is 3.41. The summed E-state index contributed by atoms with van der Waals surface area (Å²) in [6.45, 7) is 4.91. The number of para-hydroxylation sites is 1. The number of ether oxygens (including phenoxy) is 2. The average molecular weight is 296 g/mol. The molecule has 4 nitrogen and oxygen atoms in total. The average Bonchev–Trinajstić information content (AvgIpc) is 2.86. The smallest absolute Gasteiger partial charge is 0.179 e. The largest absolute Gasteiger partial charge is 0.493 e. The van der Waals surface area contributed by atoms with Crippen molar-refractivity contribution in [2.45, 2.75) is 31.6 Å². The van der Waals surface area contributed by atoms with Gasteiger partial charge in [0.1, 0.15) is 5.75 Å². The van der Waals surface area contributed by atoms with Gasteiger partial charge in [-0.05, 0) is 32.4 Å². The number of hydrogen-bond donors (Lipinski definition) is 0. The molecule has 0 aromatic heterocycles. The summed E-state index contributed by atoms with van der Waals surface area (Å²) in [7, 11) is -1.20. The van der Waals surface area contributed by atoms with Crippen LogP contribution in [-0.2, 0) is 15.5 Å². The molecule has 1 heterocycles. The number of benzene rings is 1. The van der Waals surface area contributed by atoms with Crippen LogP contribution in [0.1, 0.15) is 30.6 Å². The van der Waals surface area contributed by atoms with Gasteiger partial charge in [-0.1, -0.05) is 12.1 Å². The Morgan fingerprint density at radius 2 is 2.20 bits per heavy atom. The summed E-state index contributed by atoms with van der Waals surface area (Å²) in [6.07, 6.45) is 0.722. The van der Waals surface area contributed by atoms with Crippen molar-refractivity contribution in [2.24, 2.45) is 0 Å². The SMILES string of the molecule is CCOc1ccccc1C(=O)CS(=O)C1CCOC1C.